The van der Waals surface area contributed by atoms with Crippen LogP contribution < -0.4 is 0 Å². The molecule has 0 nitrogen and oxygen atoms in total. The highest BCUT2D eigenvalue weighted by molar-refractivity contribution is 4.59. The summed E-state index contributed by atoms with van der Waals surface area (Å²) in [6, 6.07) is 0. The molecule has 0 aromatic carbocycles. The zero-order valence-corrected chi connectivity index (χ0v) is 8.82. The molecule has 0 radical (unpaired) electrons. The Bertz CT molecular complexity index is 75.5. The van der Waals surface area contributed by atoms with Gasteiger partial charge in [-0.05, 0) is 5.92 Å². The molecule has 1 saturated carbocycles. The van der Waals surface area contributed by atoms with Crippen molar-refractivity contribution in [1.29, 1.82) is 0 Å². The van der Waals surface area contributed by atoms with Crippen molar-refractivity contribution in [3.8, 4) is 0 Å². The van der Waals surface area contributed by atoms with Gasteiger partial charge < -0.3 is 0 Å². The minimum Gasteiger partial charge on any atom is -0.174 e. The fraction of sp³-hybridized carbons (Fsp3) is 1.00. The molecule has 13 heavy (non-hydrogen) atoms. The van der Waals surface area contributed by atoms with E-state index < -0.39 is 6.68 Å². The standard InChI is InChI=1S/C7H14.C2H6.CHF3/c1-7-5-3-2-4-6-7;1-2;2-1(3)4/h7H,2-6H2,1H3;1-2H3;1H. The lowest BCUT2D eigenvalue weighted by Gasteiger charge is -2.15. The second-order valence-electron chi connectivity index (χ2n) is 2.99. The summed E-state index contributed by atoms with van der Waals surface area (Å²) in [4.78, 5) is 0. The van der Waals surface area contributed by atoms with Gasteiger partial charge in [-0.3, -0.25) is 0 Å². The van der Waals surface area contributed by atoms with E-state index in [0.717, 1.165) is 5.92 Å². The predicted octanol–water partition coefficient (Wildman–Crippen LogP) is 4.79. The normalized spacial score (nSPS) is 16.8. The molecule has 0 saturated heterocycles. The van der Waals surface area contributed by atoms with E-state index >= 15 is 0 Å². The van der Waals surface area contributed by atoms with Crippen molar-refractivity contribution in [3.63, 3.8) is 0 Å². The van der Waals surface area contributed by atoms with E-state index in [0.29, 0.717) is 0 Å². The second kappa shape index (κ2) is 11.8. The van der Waals surface area contributed by atoms with Crippen LogP contribution in [0.15, 0.2) is 0 Å². The predicted molar refractivity (Wildman–Crippen MR) is 50.7 cm³/mol. The van der Waals surface area contributed by atoms with Crippen LogP contribution in [0, 0.1) is 5.92 Å². The number of alkyl halides is 3. The van der Waals surface area contributed by atoms with E-state index in [1.54, 1.807) is 0 Å². The number of hydrogen-bond donors (Lipinski definition) is 0. The van der Waals surface area contributed by atoms with Gasteiger partial charge in [-0.15, -0.1) is 0 Å². The van der Waals surface area contributed by atoms with Gasteiger partial charge in [0.1, 0.15) is 0 Å². The topological polar surface area (TPSA) is 0 Å². The fourth-order valence-corrected chi connectivity index (χ4v) is 1.31. The lowest BCUT2D eigenvalue weighted by atomic mass is 9.91. The van der Waals surface area contributed by atoms with E-state index in [1.807, 2.05) is 13.8 Å². The molecule has 0 aromatic heterocycles. The van der Waals surface area contributed by atoms with Crippen LogP contribution in [0.4, 0.5) is 13.2 Å². The van der Waals surface area contributed by atoms with E-state index in [-0.39, 0.29) is 0 Å². The molecule has 0 aromatic rings. The molecule has 0 unspecified atom stereocenters. The number of hydrogen-bond acceptors (Lipinski definition) is 0. The van der Waals surface area contributed by atoms with Gasteiger partial charge in [-0.25, -0.2) is 0 Å². The quantitative estimate of drug-likeness (QED) is 0.525. The molecule has 82 valence electrons. The Morgan fingerprint density at radius 1 is 0.923 bits per heavy atom. The Balaban J connectivity index is 0. The highest BCUT2D eigenvalue weighted by Gasteiger charge is 2.05. The van der Waals surface area contributed by atoms with Crippen LogP contribution >= 0.6 is 0 Å². The first kappa shape index (κ1) is 15.3. The molecule has 3 heteroatoms. The summed E-state index contributed by atoms with van der Waals surface area (Å²) < 4.78 is 29.0. The fourth-order valence-electron chi connectivity index (χ4n) is 1.31. The molecule has 1 fully saturated rings. The van der Waals surface area contributed by atoms with Gasteiger partial charge in [0.05, 0.1) is 0 Å². The van der Waals surface area contributed by atoms with Crippen LogP contribution in [0.2, 0.25) is 0 Å². The third-order valence-electron chi connectivity index (χ3n) is 1.89. The summed E-state index contributed by atoms with van der Waals surface area (Å²) in [6.45, 7) is 2.69. The average Bonchev–Trinajstić information content (AvgIpc) is 2.08. The Labute approximate surface area is 79.5 Å². The van der Waals surface area contributed by atoms with Crippen LogP contribution in [-0.4, -0.2) is 6.68 Å². The molecule has 1 aliphatic rings. The maximum atomic E-state index is 9.67. The van der Waals surface area contributed by atoms with Crippen molar-refractivity contribution in [2.75, 3.05) is 0 Å². The summed E-state index contributed by atoms with van der Waals surface area (Å²) in [5, 5.41) is 0. The minimum absolute atomic E-state index is 1.04. The molecule has 0 spiro atoms. The summed E-state index contributed by atoms with van der Waals surface area (Å²) >= 11 is 0. The van der Waals surface area contributed by atoms with Gasteiger partial charge in [-0.1, -0.05) is 52.9 Å². The third-order valence-corrected chi connectivity index (χ3v) is 1.89. The lowest BCUT2D eigenvalue weighted by Crippen LogP contribution is -1.99. The zero-order valence-electron chi connectivity index (χ0n) is 8.82. The van der Waals surface area contributed by atoms with Gasteiger partial charge >= 0.3 is 6.68 Å². The first-order valence-corrected chi connectivity index (χ1v) is 5.05. The van der Waals surface area contributed by atoms with Crippen LogP contribution in [-0.2, 0) is 0 Å². The van der Waals surface area contributed by atoms with E-state index in [4.69, 9.17) is 0 Å². The van der Waals surface area contributed by atoms with E-state index in [9.17, 15) is 13.2 Å². The lowest BCUT2D eigenvalue weighted by molar-refractivity contribution is 0.00819. The molecular weight excluding hydrogens is 177 g/mol. The SMILES string of the molecule is CC.CC1CCCCC1.FC(F)F. The molecule has 0 atom stereocenters. The van der Waals surface area contributed by atoms with Crippen molar-refractivity contribution < 1.29 is 13.2 Å². The Morgan fingerprint density at radius 3 is 1.38 bits per heavy atom. The molecule has 0 N–H and O–H groups in total. The molecular formula is C10H21F3. The summed E-state index contributed by atoms with van der Waals surface area (Å²) in [5.41, 5.74) is 0. The maximum Gasteiger partial charge on any atom is 0.379 e. The summed E-state index contributed by atoms with van der Waals surface area (Å²) in [5.74, 6) is 1.04. The number of halogens is 3. The van der Waals surface area contributed by atoms with Gasteiger partial charge in [-0.2, -0.15) is 13.2 Å². The van der Waals surface area contributed by atoms with Crippen LogP contribution in [0.5, 0.6) is 0 Å². The minimum atomic E-state index is -3.67. The van der Waals surface area contributed by atoms with E-state index in [1.165, 1.54) is 32.1 Å². The molecule has 1 aliphatic carbocycles. The summed E-state index contributed by atoms with van der Waals surface area (Å²) in [7, 11) is 0. The van der Waals surface area contributed by atoms with E-state index in [2.05, 4.69) is 6.92 Å². The first-order chi connectivity index (χ1) is 6.13. The Hall–Kier alpha value is -0.210. The van der Waals surface area contributed by atoms with Crippen molar-refractivity contribution in [3.05, 3.63) is 0 Å². The highest BCUT2D eigenvalue weighted by atomic mass is 19.4. The number of rotatable bonds is 0. The second-order valence-corrected chi connectivity index (χ2v) is 2.99. The average molecular weight is 198 g/mol. The molecule has 0 amide bonds. The third kappa shape index (κ3) is 18.6. The van der Waals surface area contributed by atoms with Crippen LogP contribution in [0.3, 0.4) is 0 Å². The highest BCUT2D eigenvalue weighted by Crippen LogP contribution is 2.22. The van der Waals surface area contributed by atoms with Crippen molar-refractivity contribution in [1.82, 2.24) is 0 Å². The Morgan fingerprint density at radius 2 is 1.23 bits per heavy atom. The van der Waals surface area contributed by atoms with Gasteiger partial charge in [0, 0.05) is 0 Å². The van der Waals surface area contributed by atoms with Crippen molar-refractivity contribution in [2.45, 2.75) is 59.6 Å². The molecule has 0 bridgehead atoms. The first-order valence-electron chi connectivity index (χ1n) is 5.05. The molecule has 1 rings (SSSR count). The summed E-state index contributed by atoms with van der Waals surface area (Å²) in [6.07, 6.45) is 7.44. The van der Waals surface area contributed by atoms with Crippen LogP contribution in [0.25, 0.3) is 0 Å². The van der Waals surface area contributed by atoms with Gasteiger partial charge in [0.25, 0.3) is 0 Å². The van der Waals surface area contributed by atoms with Crippen molar-refractivity contribution in [2.24, 2.45) is 5.92 Å². The smallest absolute Gasteiger partial charge is 0.174 e. The molecule has 0 heterocycles. The largest absolute Gasteiger partial charge is 0.379 e. The zero-order chi connectivity index (χ0) is 10.7. The monoisotopic (exact) mass is 198 g/mol. The molecule has 0 aliphatic heterocycles. The van der Waals surface area contributed by atoms with Gasteiger partial charge in [0.2, 0.25) is 0 Å². The Kier molecular flexibility index (Phi) is 13.8. The van der Waals surface area contributed by atoms with Gasteiger partial charge in [0.15, 0.2) is 0 Å². The van der Waals surface area contributed by atoms with Crippen LogP contribution in [0.1, 0.15) is 52.9 Å². The maximum absolute atomic E-state index is 9.67. The van der Waals surface area contributed by atoms with Crippen molar-refractivity contribution >= 4 is 0 Å².